The predicted molar refractivity (Wildman–Crippen MR) is 32.5 cm³/mol. The normalized spacial score (nSPS) is 10.0. The Hall–Kier alpha value is -0.530. The maximum absolute atomic E-state index is 3.83. The summed E-state index contributed by atoms with van der Waals surface area (Å²) in [6.45, 7) is 4.99. The van der Waals surface area contributed by atoms with Crippen molar-refractivity contribution >= 4 is 6.21 Å². The van der Waals surface area contributed by atoms with E-state index < -0.39 is 0 Å². The fourth-order valence-electron chi connectivity index (χ4n) is 0.247. The highest BCUT2D eigenvalue weighted by atomic mass is 15.3. The second-order valence-electron chi connectivity index (χ2n) is 1.23. The van der Waals surface area contributed by atoms with E-state index in [1.54, 1.807) is 0 Å². The molecule has 7 heavy (non-hydrogen) atoms. The van der Waals surface area contributed by atoms with Crippen LogP contribution in [0, 0.1) is 0 Å². The number of nitrogens with zero attached hydrogens (tertiary/aromatic N) is 1. The molecular formula is C5H12N2. The molecule has 0 aromatic carbocycles. The van der Waals surface area contributed by atoms with Crippen molar-refractivity contribution in [1.82, 2.24) is 5.43 Å². The SMILES string of the molecule is CCC=NNCC. The fourth-order valence-corrected chi connectivity index (χ4v) is 0.247. The van der Waals surface area contributed by atoms with Gasteiger partial charge in [-0.05, 0) is 13.3 Å². The van der Waals surface area contributed by atoms with Gasteiger partial charge in [-0.25, -0.2) is 0 Å². The number of nitrogens with one attached hydrogen (secondary N) is 1. The van der Waals surface area contributed by atoms with Gasteiger partial charge in [-0.2, -0.15) is 5.10 Å². The van der Waals surface area contributed by atoms with Crippen molar-refractivity contribution < 1.29 is 0 Å². The summed E-state index contributed by atoms with van der Waals surface area (Å²) in [4.78, 5) is 0. The van der Waals surface area contributed by atoms with Crippen molar-refractivity contribution in [1.29, 1.82) is 0 Å². The zero-order chi connectivity index (χ0) is 5.54. The molecule has 0 aliphatic heterocycles. The Balaban J connectivity index is 2.78. The zero-order valence-corrected chi connectivity index (χ0v) is 4.94. The van der Waals surface area contributed by atoms with Crippen LogP contribution < -0.4 is 5.43 Å². The molecule has 0 amide bonds. The molecule has 2 nitrogen and oxygen atoms in total. The molecule has 0 aromatic rings. The van der Waals surface area contributed by atoms with Gasteiger partial charge in [0.15, 0.2) is 0 Å². The van der Waals surface area contributed by atoms with Crippen LogP contribution in [0.4, 0.5) is 0 Å². The second-order valence-corrected chi connectivity index (χ2v) is 1.23. The Morgan fingerprint density at radius 2 is 2.29 bits per heavy atom. The molecule has 0 saturated heterocycles. The molecule has 0 aliphatic carbocycles. The second kappa shape index (κ2) is 5.47. The Morgan fingerprint density at radius 1 is 1.57 bits per heavy atom. The number of hydrazone groups is 1. The third-order valence-corrected chi connectivity index (χ3v) is 0.523. The van der Waals surface area contributed by atoms with Crippen LogP contribution in [0.25, 0.3) is 0 Å². The maximum Gasteiger partial charge on any atom is 0.0301 e. The molecule has 0 bridgehead atoms. The first kappa shape index (κ1) is 6.47. The van der Waals surface area contributed by atoms with Gasteiger partial charge in [0.25, 0.3) is 0 Å². The van der Waals surface area contributed by atoms with E-state index in [0.717, 1.165) is 13.0 Å². The summed E-state index contributed by atoms with van der Waals surface area (Å²) in [7, 11) is 0. The van der Waals surface area contributed by atoms with E-state index in [1.165, 1.54) is 0 Å². The van der Waals surface area contributed by atoms with E-state index >= 15 is 0 Å². The van der Waals surface area contributed by atoms with Crippen LogP contribution in [-0.4, -0.2) is 12.8 Å². The minimum Gasteiger partial charge on any atom is -0.311 e. The highest BCUT2D eigenvalue weighted by Crippen LogP contribution is 1.63. The van der Waals surface area contributed by atoms with Crippen LogP contribution in [0.5, 0.6) is 0 Å². The average Bonchev–Trinajstić information content (AvgIpc) is 1.69. The van der Waals surface area contributed by atoms with Crippen LogP contribution in [0.15, 0.2) is 5.10 Å². The van der Waals surface area contributed by atoms with Gasteiger partial charge < -0.3 is 5.43 Å². The van der Waals surface area contributed by atoms with Crippen molar-refractivity contribution in [2.75, 3.05) is 6.54 Å². The van der Waals surface area contributed by atoms with Crippen molar-refractivity contribution in [3.63, 3.8) is 0 Å². The molecule has 0 spiro atoms. The van der Waals surface area contributed by atoms with E-state index in [-0.39, 0.29) is 0 Å². The van der Waals surface area contributed by atoms with Gasteiger partial charge in [0.05, 0.1) is 0 Å². The number of hydrogen-bond acceptors (Lipinski definition) is 2. The standard InChI is InChI=1S/C5H12N2/c1-3-5-7-6-4-2/h5-6H,3-4H2,1-2H3. The molecule has 1 N–H and O–H groups in total. The lowest BCUT2D eigenvalue weighted by molar-refractivity contribution is 0.784. The summed E-state index contributed by atoms with van der Waals surface area (Å²) in [5, 5.41) is 3.83. The minimum atomic E-state index is 0.913. The van der Waals surface area contributed by atoms with E-state index in [9.17, 15) is 0 Å². The Labute approximate surface area is 44.6 Å². The molecule has 0 atom stereocenters. The van der Waals surface area contributed by atoms with Gasteiger partial charge in [0.1, 0.15) is 0 Å². The Morgan fingerprint density at radius 3 is 2.71 bits per heavy atom. The van der Waals surface area contributed by atoms with Crippen molar-refractivity contribution in [3.8, 4) is 0 Å². The van der Waals surface area contributed by atoms with E-state index in [4.69, 9.17) is 0 Å². The van der Waals surface area contributed by atoms with Gasteiger partial charge in [-0.3, -0.25) is 0 Å². The molecule has 0 aliphatic rings. The van der Waals surface area contributed by atoms with Crippen LogP contribution in [0.2, 0.25) is 0 Å². The third-order valence-electron chi connectivity index (χ3n) is 0.523. The summed E-state index contributed by atoms with van der Waals surface area (Å²) in [6, 6.07) is 0. The summed E-state index contributed by atoms with van der Waals surface area (Å²) in [6.07, 6.45) is 2.86. The largest absolute Gasteiger partial charge is 0.311 e. The molecule has 2 heteroatoms. The highest BCUT2D eigenvalue weighted by Gasteiger charge is 1.63. The first-order valence-corrected chi connectivity index (χ1v) is 2.66. The maximum atomic E-state index is 3.83. The van der Waals surface area contributed by atoms with Crippen molar-refractivity contribution in [2.24, 2.45) is 5.10 Å². The lowest BCUT2D eigenvalue weighted by Crippen LogP contribution is -2.02. The van der Waals surface area contributed by atoms with Crippen LogP contribution in [0.1, 0.15) is 20.3 Å². The summed E-state index contributed by atoms with van der Waals surface area (Å²) >= 11 is 0. The number of hydrogen-bond donors (Lipinski definition) is 1. The summed E-state index contributed by atoms with van der Waals surface area (Å²) < 4.78 is 0. The molecule has 0 unspecified atom stereocenters. The molecule has 0 radical (unpaired) electrons. The quantitative estimate of drug-likeness (QED) is 0.415. The van der Waals surface area contributed by atoms with Gasteiger partial charge in [0.2, 0.25) is 0 Å². The lowest BCUT2D eigenvalue weighted by atomic mass is 10.6. The van der Waals surface area contributed by atoms with Gasteiger partial charge in [-0.15, -0.1) is 0 Å². The van der Waals surface area contributed by atoms with Crippen LogP contribution >= 0.6 is 0 Å². The smallest absolute Gasteiger partial charge is 0.0301 e. The Bertz CT molecular complexity index is 50.0. The molecule has 0 fully saturated rings. The zero-order valence-electron chi connectivity index (χ0n) is 4.94. The average molecular weight is 100 g/mol. The van der Waals surface area contributed by atoms with Gasteiger partial charge in [-0.1, -0.05) is 6.92 Å². The van der Waals surface area contributed by atoms with E-state index in [2.05, 4.69) is 17.5 Å². The van der Waals surface area contributed by atoms with E-state index in [0.29, 0.717) is 0 Å². The lowest BCUT2D eigenvalue weighted by Gasteiger charge is -1.87. The Kier molecular flexibility index (Phi) is 5.06. The molecule has 0 aromatic heterocycles. The monoisotopic (exact) mass is 100 g/mol. The molecule has 0 saturated carbocycles. The third kappa shape index (κ3) is 5.47. The molecule has 0 rings (SSSR count). The van der Waals surface area contributed by atoms with Gasteiger partial charge >= 0.3 is 0 Å². The topological polar surface area (TPSA) is 24.4 Å². The first-order chi connectivity index (χ1) is 3.41. The summed E-state index contributed by atoms with van der Waals surface area (Å²) in [5.41, 5.74) is 2.82. The fraction of sp³-hybridized carbons (Fsp3) is 0.800. The number of rotatable bonds is 3. The van der Waals surface area contributed by atoms with Gasteiger partial charge in [0, 0.05) is 12.8 Å². The molecule has 0 heterocycles. The first-order valence-electron chi connectivity index (χ1n) is 2.66. The molecular weight excluding hydrogens is 88.1 g/mol. The summed E-state index contributed by atoms with van der Waals surface area (Å²) in [5.74, 6) is 0. The molecule has 42 valence electrons. The van der Waals surface area contributed by atoms with Crippen molar-refractivity contribution in [3.05, 3.63) is 0 Å². The van der Waals surface area contributed by atoms with E-state index in [1.807, 2.05) is 13.1 Å². The van der Waals surface area contributed by atoms with Crippen LogP contribution in [0.3, 0.4) is 0 Å². The minimum absolute atomic E-state index is 0.913. The van der Waals surface area contributed by atoms with Crippen molar-refractivity contribution in [2.45, 2.75) is 20.3 Å². The predicted octanol–water partition coefficient (Wildman–Crippen LogP) is 0.992. The highest BCUT2D eigenvalue weighted by molar-refractivity contribution is 5.55. The van der Waals surface area contributed by atoms with Crippen LogP contribution in [-0.2, 0) is 0 Å².